The number of nitrogens with zero attached hydrogens (tertiary/aromatic N) is 3. The SMILES string of the molecule is Cc1n[nH]c(C)c1C(O)=C1C(=O)C(=O)N(CCN2CCOCC2)[C@@H]1c1cccs1. The van der Waals surface area contributed by atoms with Crippen molar-refractivity contribution < 1.29 is 19.4 Å². The summed E-state index contributed by atoms with van der Waals surface area (Å²) in [6, 6.07) is 3.19. The lowest BCUT2D eigenvalue weighted by Crippen LogP contribution is -2.42. The number of hydrogen-bond donors (Lipinski definition) is 2. The third-order valence-corrected chi connectivity index (χ3v) is 6.40. The third kappa shape index (κ3) is 3.61. The number of thiophene rings is 1. The molecule has 1 amide bonds. The standard InChI is InChI=1S/C20H24N4O4S/c1-12-15(13(2)22-21-12)18(25)16-17(14-4-3-11-29-14)24(20(27)19(16)26)6-5-23-7-9-28-10-8-23/h3-4,11,17,25H,5-10H2,1-2H3,(H,21,22)/t17-/m1/s1. The molecule has 0 radical (unpaired) electrons. The Morgan fingerprint density at radius 3 is 2.69 bits per heavy atom. The number of amides is 1. The third-order valence-electron chi connectivity index (χ3n) is 5.48. The molecule has 0 unspecified atom stereocenters. The van der Waals surface area contributed by atoms with E-state index in [1.807, 2.05) is 17.5 Å². The lowest BCUT2D eigenvalue weighted by Gasteiger charge is -2.30. The molecular weight excluding hydrogens is 392 g/mol. The first-order chi connectivity index (χ1) is 14.0. The van der Waals surface area contributed by atoms with Crippen LogP contribution in [0.25, 0.3) is 5.76 Å². The van der Waals surface area contributed by atoms with Crippen molar-refractivity contribution in [3.8, 4) is 0 Å². The smallest absolute Gasteiger partial charge is 0.295 e. The van der Waals surface area contributed by atoms with E-state index in [0.717, 1.165) is 18.0 Å². The van der Waals surface area contributed by atoms with Gasteiger partial charge < -0.3 is 14.7 Å². The highest BCUT2D eigenvalue weighted by Gasteiger charge is 2.46. The lowest BCUT2D eigenvalue weighted by atomic mass is 9.99. The van der Waals surface area contributed by atoms with Gasteiger partial charge >= 0.3 is 0 Å². The van der Waals surface area contributed by atoms with Gasteiger partial charge in [-0.3, -0.25) is 19.6 Å². The number of ether oxygens (including phenoxy) is 1. The summed E-state index contributed by atoms with van der Waals surface area (Å²) in [5, 5.41) is 19.9. The molecule has 2 aromatic rings. The monoisotopic (exact) mass is 416 g/mol. The predicted molar refractivity (Wildman–Crippen MR) is 109 cm³/mol. The van der Waals surface area contributed by atoms with E-state index in [0.29, 0.717) is 43.3 Å². The molecule has 0 bridgehead atoms. The summed E-state index contributed by atoms with van der Waals surface area (Å²) in [5.74, 6) is -1.39. The average molecular weight is 417 g/mol. The van der Waals surface area contributed by atoms with Crippen molar-refractivity contribution in [1.82, 2.24) is 20.0 Å². The maximum Gasteiger partial charge on any atom is 0.295 e. The fourth-order valence-corrected chi connectivity index (χ4v) is 4.81. The molecule has 1 atom stereocenters. The number of ketones is 1. The number of carbonyl (C=O) groups excluding carboxylic acids is 2. The summed E-state index contributed by atoms with van der Waals surface area (Å²) in [4.78, 5) is 30.5. The minimum absolute atomic E-state index is 0.132. The van der Waals surface area contributed by atoms with E-state index < -0.39 is 17.7 Å². The van der Waals surface area contributed by atoms with Gasteiger partial charge in [0.15, 0.2) is 0 Å². The second-order valence-corrected chi connectivity index (χ2v) is 8.25. The van der Waals surface area contributed by atoms with Gasteiger partial charge in [-0.1, -0.05) is 6.07 Å². The quantitative estimate of drug-likeness (QED) is 0.438. The van der Waals surface area contributed by atoms with E-state index in [1.165, 1.54) is 11.3 Å². The van der Waals surface area contributed by atoms with E-state index in [2.05, 4.69) is 15.1 Å². The van der Waals surface area contributed by atoms with Crippen molar-refractivity contribution in [2.45, 2.75) is 19.9 Å². The summed E-state index contributed by atoms with van der Waals surface area (Å²) in [7, 11) is 0. The Balaban J connectivity index is 1.72. The first kappa shape index (κ1) is 19.8. The zero-order valence-corrected chi connectivity index (χ0v) is 17.3. The predicted octanol–water partition coefficient (Wildman–Crippen LogP) is 1.84. The van der Waals surface area contributed by atoms with Crippen LogP contribution in [-0.4, -0.2) is 76.2 Å². The first-order valence-electron chi connectivity index (χ1n) is 9.63. The van der Waals surface area contributed by atoms with E-state index in [9.17, 15) is 14.7 Å². The van der Waals surface area contributed by atoms with Gasteiger partial charge in [0, 0.05) is 36.8 Å². The first-order valence-corrected chi connectivity index (χ1v) is 10.5. The molecule has 154 valence electrons. The van der Waals surface area contributed by atoms with Crippen LogP contribution in [0, 0.1) is 13.8 Å². The van der Waals surface area contributed by atoms with Gasteiger partial charge in [-0.05, 0) is 25.3 Å². The Morgan fingerprint density at radius 1 is 1.31 bits per heavy atom. The number of aromatic amines is 1. The average Bonchev–Trinajstić information content (AvgIpc) is 3.41. The fourth-order valence-electron chi connectivity index (χ4n) is 3.96. The van der Waals surface area contributed by atoms with Gasteiger partial charge in [0.05, 0.1) is 36.1 Å². The van der Waals surface area contributed by atoms with E-state index >= 15 is 0 Å². The summed E-state index contributed by atoms with van der Waals surface area (Å²) < 4.78 is 5.38. The van der Waals surface area contributed by atoms with Gasteiger partial charge in [-0.25, -0.2) is 0 Å². The molecule has 2 aromatic heterocycles. The number of aromatic nitrogens is 2. The van der Waals surface area contributed by atoms with Gasteiger partial charge in [0.1, 0.15) is 5.76 Å². The van der Waals surface area contributed by atoms with Crippen molar-refractivity contribution >= 4 is 28.8 Å². The number of Topliss-reactive ketones (excluding diaryl/α,β-unsaturated/α-hetero) is 1. The number of carbonyl (C=O) groups is 2. The number of H-pyrrole nitrogens is 1. The normalized spacial score (nSPS) is 22.6. The highest BCUT2D eigenvalue weighted by atomic mass is 32.1. The molecule has 9 heteroatoms. The molecule has 29 heavy (non-hydrogen) atoms. The van der Waals surface area contributed by atoms with Crippen LogP contribution in [0.1, 0.15) is 27.9 Å². The van der Waals surface area contributed by atoms with Crippen LogP contribution in [0.5, 0.6) is 0 Å². The second kappa shape index (κ2) is 8.10. The van der Waals surface area contributed by atoms with Crippen LogP contribution in [-0.2, 0) is 14.3 Å². The molecule has 2 aliphatic rings. The molecule has 0 spiro atoms. The minimum atomic E-state index is -0.650. The van der Waals surface area contributed by atoms with Crippen molar-refractivity contribution in [2.75, 3.05) is 39.4 Å². The zero-order valence-electron chi connectivity index (χ0n) is 16.5. The minimum Gasteiger partial charge on any atom is -0.507 e. The molecule has 4 rings (SSSR count). The summed E-state index contributed by atoms with van der Waals surface area (Å²) >= 11 is 1.47. The largest absolute Gasteiger partial charge is 0.507 e. The van der Waals surface area contributed by atoms with Crippen molar-refractivity contribution in [3.63, 3.8) is 0 Å². The molecule has 2 fully saturated rings. The van der Waals surface area contributed by atoms with Crippen molar-refractivity contribution in [3.05, 3.63) is 44.9 Å². The highest BCUT2D eigenvalue weighted by molar-refractivity contribution is 7.10. The number of aliphatic hydroxyl groups is 1. The highest BCUT2D eigenvalue weighted by Crippen LogP contribution is 2.41. The summed E-state index contributed by atoms with van der Waals surface area (Å²) in [5.41, 5.74) is 1.86. The van der Waals surface area contributed by atoms with Gasteiger partial charge in [0.25, 0.3) is 11.7 Å². The number of aliphatic hydroxyl groups excluding tert-OH is 1. The van der Waals surface area contributed by atoms with E-state index in [4.69, 9.17) is 4.74 Å². The summed E-state index contributed by atoms with van der Waals surface area (Å²) in [6.07, 6.45) is 0. The van der Waals surface area contributed by atoms with Crippen LogP contribution in [0.15, 0.2) is 23.1 Å². The molecule has 8 nitrogen and oxygen atoms in total. The van der Waals surface area contributed by atoms with Gasteiger partial charge in [0.2, 0.25) is 0 Å². The van der Waals surface area contributed by atoms with Gasteiger partial charge in [-0.2, -0.15) is 5.10 Å². The van der Waals surface area contributed by atoms with Crippen LogP contribution in [0.4, 0.5) is 0 Å². The molecule has 0 aliphatic carbocycles. The summed E-state index contributed by atoms with van der Waals surface area (Å²) in [6.45, 7) is 7.56. The van der Waals surface area contributed by atoms with Gasteiger partial charge in [-0.15, -0.1) is 11.3 Å². The molecular formula is C20H24N4O4S. The van der Waals surface area contributed by atoms with Crippen LogP contribution in [0.2, 0.25) is 0 Å². The van der Waals surface area contributed by atoms with Crippen LogP contribution < -0.4 is 0 Å². The number of morpholine rings is 1. The molecule has 4 heterocycles. The Labute approximate surface area is 172 Å². The molecule has 0 aromatic carbocycles. The molecule has 0 saturated carbocycles. The number of aryl methyl sites for hydroxylation is 2. The van der Waals surface area contributed by atoms with E-state index in [1.54, 1.807) is 18.7 Å². The fraction of sp³-hybridized carbons (Fsp3) is 0.450. The van der Waals surface area contributed by atoms with Crippen LogP contribution >= 0.6 is 11.3 Å². The number of nitrogens with one attached hydrogen (secondary N) is 1. The van der Waals surface area contributed by atoms with Crippen molar-refractivity contribution in [2.24, 2.45) is 0 Å². The van der Waals surface area contributed by atoms with E-state index in [-0.39, 0.29) is 11.3 Å². The van der Waals surface area contributed by atoms with Crippen molar-refractivity contribution in [1.29, 1.82) is 0 Å². The second-order valence-electron chi connectivity index (χ2n) is 7.27. The molecule has 2 saturated heterocycles. The Morgan fingerprint density at radius 2 is 2.07 bits per heavy atom. The Hall–Kier alpha value is -2.49. The molecule has 2 aliphatic heterocycles. The van der Waals surface area contributed by atoms with Crippen LogP contribution in [0.3, 0.4) is 0 Å². The molecule has 2 N–H and O–H groups in total. The number of rotatable bonds is 5. The Bertz CT molecular complexity index is 924. The Kier molecular flexibility index (Phi) is 5.53. The maximum atomic E-state index is 13.0. The number of likely N-dealkylation sites (tertiary alicyclic amines) is 1. The zero-order chi connectivity index (χ0) is 20.5. The lowest BCUT2D eigenvalue weighted by molar-refractivity contribution is -0.140. The maximum absolute atomic E-state index is 13.0. The topological polar surface area (TPSA) is 98.8 Å². The number of hydrogen-bond acceptors (Lipinski definition) is 7.